The predicted molar refractivity (Wildman–Crippen MR) is 480 cm³/mol. The zero-order chi connectivity index (χ0) is 97.0. The molecule has 0 radical (unpaired) electrons. The smallest absolute Gasteiger partial charge is 0.326 e. The standard InChI is InChI=1S/2C45H78N4O16.2H2/c1-34(35(2)50)16-13-14-24-46-42(55)33-65-31-28-62-26-15-17-36(51)32-64-30-29-63-27-25-47-39(52)22-20-37(44(58)59)49-41(54)23-21-38(45(60)61)48-40(53)18-11-9-7-5-3-4-6-8-10-12-19-43(56)57;1-34(35(2)50)16-13-14-24-46-41(54)32-65-31-29-63-27-25-47-42(55)33-64-30-28-62-26-15-17-36(51)20-21-37(44(58)59)49-40(53)23-22-38(45(60)61)48-39(52)18-11-9-7-5-3-4-6-8-10-12-19-43(56)57;;/h34,37-38H,3-33H2,1-2H3,(H,46,55)(H,47,52)(H,48,53)(H,49,54)(H,56,57)(H,58,59)(H,60,61);34,37-38H,3-33H2,1-2H3,(H,46,54)(H,47,55)(H,48,52)(H,49,53)(H,56,57)(H,58,59)(H,60,61);2*1H/t34-,37?,38-;34-,37-,38?;;/m00../s1. The minimum Gasteiger partial charge on any atom is -0.481 e. The summed E-state index contributed by atoms with van der Waals surface area (Å²) >= 11 is 0. The van der Waals surface area contributed by atoms with Gasteiger partial charge in [0.2, 0.25) is 47.3 Å². The van der Waals surface area contributed by atoms with Crippen LogP contribution in [0.15, 0.2) is 0 Å². The Balaban J connectivity index is -0.00000122. The topological polar surface area (TPSA) is 599 Å². The van der Waals surface area contributed by atoms with Crippen LogP contribution in [0.2, 0.25) is 0 Å². The monoisotopic (exact) mass is 1870 g/mol. The molecule has 0 saturated carbocycles. The van der Waals surface area contributed by atoms with Crippen molar-refractivity contribution in [3.05, 3.63) is 0 Å². The van der Waals surface area contributed by atoms with Gasteiger partial charge in [-0.3, -0.25) is 67.1 Å². The largest absolute Gasteiger partial charge is 0.481 e. The van der Waals surface area contributed by atoms with Crippen molar-refractivity contribution in [2.45, 2.75) is 322 Å². The van der Waals surface area contributed by atoms with Crippen LogP contribution in [0.25, 0.3) is 0 Å². The Morgan fingerprint density at radius 1 is 0.223 bits per heavy atom. The number of Topliss-reactive ketones (excluding diaryl/α,β-unsaturated/α-hetero) is 4. The van der Waals surface area contributed by atoms with E-state index in [1.807, 2.05) is 13.8 Å². The number of carboxylic acid groups (broad SMARTS) is 6. The molecule has 6 atom stereocenters. The van der Waals surface area contributed by atoms with E-state index in [1.165, 1.54) is 0 Å². The zero-order valence-electron chi connectivity index (χ0n) is 77.6. The van der Waals surface area contributed by atoms with Gasteiger partial charge in [-0.2, -0.15) is 0 Å². The second kappa shape index (κ2) is 85.4. The van der Waals surface area contributed by atoms with Crippen molar-refractivity contribution < 1.29 is 158 Å². The van der Waals surface area contributed by atoms with Crippen molar-refractivity contribution in [1.29, 1.82) is 0 Å². The molecule has 0 bridgehead atoms. The molecule has 2 unspecified atom stereocenters. The first-order valence-corrected chi connectivity index (χ1v) is 46.5. The number of ether oxygens (including phenoxy) is 8. The lowest BCUT2D eigenvalue weighted by Gasteiger charge is -2.17. The van der Waals surface area contributed by atoms with E-state index in [1.54, 1.807) is 13.8 Å². The molecule has 0 saturated heterocycles. The maximum atomic E-state index is 12.5. The molecule has 0 aliphatic heterocycles. The summed E-state index contributed by atoms with van der Waals surface area (Å²) in [5.41, 5.74) is 0. The van der Waals surface area contributed by atoms with Gasteiger partial charge in [-0.05, 0) is 104 Å². The molecule has 0 aromatic carbocycles. The summed E-state index contributed by atoms with van der Waals surface area (Å²) in [6.07, 6.45) is 23.4. The highest BCUT2D eigenvalue weighted by atomic mass is 16.5. The number of ketones is 4. The van der Waals surface area contributed by atoms with Gasteiger partial charge in [0.1, 0.15) is 67.9 Å². The van der Waals surface area contributed by atoms with Crippen molar-refractivity contribution in [3.8, 4) is 0 Å². The third-order valence-electron chi connectivity index (χ3n) is 20.6. The lowest BCUT2D eigenvalue weighted by molar-refractivity contribution is -0.143. The number of carbonyl (C=O) groups excluding carboxylic acids is 12. The van der Waals surface area contributed by atoms with Gasteiger partial charge in [-0.15, -0.1) is 0 Å². The molecule has 0 aliphatic carbocycles. The Labute approximate surface area is 768 Å². The molecule has 0 rings (SSSR count). The van der Waals surface area contributed by atoms with E-state index in [0.29, 0.717) is 58.2 Å². The summed E-state index contributed by atoms with van der Waals surface area (Å²) in [7, 11) is 0. The van der Waals surface area contributed by atoms with Gasteiger partial charge in [-0.1, -0.05) is 129 Å². The van der Waals surface area contributed by atoms with Gasteiger partial charge in [0, 0.05) is 118 Å². The van der Waals surface area contributed by atoms with E-state index in [2.05, 4.69) is 42.5 Å². The van der Waals surface area contributed by atoms with Gasteiger partial charge >= 0.3 is 35.8 Å². The molecule has 0 aromatic rings. The van der Waals surface area contributed by atoms with Crippen molar-refractivity contribution in [1.82, 2.24) is 42.5 Å². The molecular formula is C90H160N8O32. The maximum absolute atomic E-state index is 12.5. The highest BCUT2D eigenvalue weighted by Crippen LogP contribution is 2.17. The van der Waals surface area contributed by atoms with Gasteiger partial charge < -0.3 is 111 Å². The number of amides is 8. The summed E-state index contributed by atoms with van der Waals surface area (Å²) in [6, 6.07) is -5.38. The molecule has 40 nitrogen and oxygen atoms in total. The quantitative estimate of drug-likeness (QED) is 0.0262. The lowest BCUT2D eigenvalue weighted by Crippen LogP contribution is -2.44. The number of carboxylic acids is 6. The average Bonchev–Trinajstić information content (AvgIpc) is 0.915. The summed E-state index contributed by atoms with van der Waals surface area (Å²) in [5, 5.41) is 75.8. The van der Waals surface area contributed by atoms with Crippen LogP contribution in [0, 0.1) is 11.8 Å². The van der Waals surface area contributed by atoms with Crippen molar-refractivity contribution in [2.24, 2.45) is 11.8 Å². The molecule has 40 heteroatoms. The number of nitrogens with one attached hydrogen (secondary N) is 8. The minimum absolute atomic E-state index is 0. The first kappa shape index (κ1) is 123. The third-order valence-corrected chi connectivity index (χ3v) is 20.6. The number of hydrogen-bond acceptors (Lipinski definition) is 26. The van der Waals surface area contributed by atoms with Crippen LogP contribution >= 0.6 is 0 Å². The Bertz CT molecular complexity index is 3010. The zero-order valence-corrected chi connectivity index (χ0v) is 77.6. The Morgan fingerprint density at radius 3 is 0.792 bits per heavy atom. The molecule has 752 valence electrons. The molecule has 0 fully saturated rings. The van der Waals surface area contributed by atoms with Gasteiger partial charge in [0.15, 0.2) is 5.78 Å². The SMILES string of the molecule is CC(=O)[C@@H](C)CCCCNC(=O)COCCOCCCC(=O)COCCOCCNC(=O)CCC(NC(=O)CC[C@H](NC(=O)CCCCCCCCCCCCC(=O)O)C(=O)O)C(=O)O.CC(=O)[C@@H](C)CCCCNC(=O)COCCOCCNC(=O)COCCOCCCC(=O)CC[C@H](NC(=O)CCC(NC(=O)CCCCCCCCCCCCC(=O)O)C(=O)O)C(=O)O.[HH].[HH]. The fourth-order valence-corrected chi connectivity index (χ4v) is 12.5. The Morgan fingerprint density at radius 2 is 0.477 bits per heavy atom. The number of rotatable bonds is 92. The average molecular weight is 1870 g/mol. The molecule has 0 aliphatic rings. The van der Waals surface area contributed by atoms with E-state index in [9.17, 15) is 107 Å². The minimum atomic E-state index is -1.39. The highest BCUT2D eigenvalue weighted by molar-refractivity contribution is 5.88. The van der Waals surface area contributed by atoms with E-state index in [4.69, 9.17) is 48.1 Å². The highest BCUT2D eigenvalue weighted by Gasteiger charge is 2.27. The molecule has 0 aromatic heterocycles. The fraction of sp³-hybridized carbons (Fsp3) is 0.800. The first-order chi connectivity index (χ1) is 62.2. The number of aliphatic carboxylic acids is 6. The molecule has 130 heavy (non-hydrogen) atoms. The molecule has 0 spiro atoms. The fourth-order valence-electron chi connectivity index (χ4n) is 12.5. The maximum Gasteiger partial charge on any atom is 0.326 e. The van der Waals surface area contributed by atoms with Crippen LogP contribution in [-0.2, 0) is 124 Å². The Hall–Kier alpha value is -9.06. The summed E-state index contributed by atoms with van der Waals surface area (Å²) in [5.74, 6) is -10.4. The Kier molecular flexibility index (Phi) is 80.8. The molecule has 0 heterocycles. The van der Waals surface area contributed by atoms with Crippen LogP contribution in [0.1, 0.15) is 300 Å². The molecule has 8 amide bonds. The number of unbranched alkanes of at least 4 members (excludes halogenated alkanes) is 20. The van der Waals surface area contributed by atoms with Crippen molar-refractivity contribution >= 4 is 106 Å². The van der Waals surface area contributed by atoms with Gasteiger partial charge in [0.05, 0.1) is 66.1 Å². The van der Waals surface area contributed by atoms with Crippen LogP contribution in [-0.4, -0.2) is 293 Å². The van der Waals surface area contributed by atoms with E-state index >= 15 is 0 Å². The van der Waals surface area contributed by atoms with Crippen LogP contribution in [0.4, 0.5) is 0 Å². The number of hydrogen-bond donors (Lipinski definition) is 14. The molecule has 14 N–H and O–H groups in total. The van der Waals surface area contributed by atoms with Gasteiger partial charge in [0.25, 0.3) is 0 Å². The van der Waals surface area contributed by atoms with Crippen molar-refractivity contribution in [2.75, 3.05) is 132 Å². The van der Waals surface area contributed by atoms with Crippen LogP contribution in [0.3, 0.4) is 0 Å². The normalized spacial score (nSPS) is 12.4. The number of carbonyl (C=O) groups is 18. The van der Waals surface area contributed by atoms with Crippen LogP contribution in [0.5, 0.6) is 0 Å². The molecular weight excluding hydrogens is 1710 g/mol. The second-order valence-corrected chi connectivity index (χ2v) is 32.2. The third kappa shape index (κ3) is 83.3. The predicted octanol–water partition coefficient (Wildman–Crippen LogP) is 7.48. The lowest BCUT2D eigenvalue weighted by atomic mass is 10.0. The van der Waals surface area contributed by atoms with Gasteiger partial charge in [-0.25, -0.2) is 19.2 Å². The van der Waals surface area contributed by atoms with E-state index in [-0.39, 0.29) is 258 Å². The summed E-state index contributed by atoms with van der Waals surface area (Å²) in [4.78, 5) is 212. The first-order valence-electron chi connectivity index (χ1n) is 46.5. The summed E-state index contributed by atoms with van der Waals surface area (Å²) < 4.78 is 42.8. The van der Waals surface area contributed by atoms with Crippen LogP contribution < -0.4 is 42.5 Å². The second-order valence-electron chi connectivity index (χ2n) is 32.2. The summed E-state index contributed by atoms with van der Waals surface area (Å²) in [6.45, 7) is 10.6. The van der Waals surface area contributed by atoms with E-state index in [0.717, 1.165) is 141 Å². The van der Waals surface area contributed by atoms with Crippen molar-refractivity contribution in [3.63, 3.8) is 0 Å². The van der Waals surface area contributed by atoms with E-state index < -0.39 is 89.5 Å².